The summed E-state index contributed by atoms with van der Waals surface area (Å²) in [6, 6.07) is 0. The zero-order valence-electron chi connectivity index (χ0n) is 13.2. The van der Waals surface area contributed by atoms with E-state index in [1.807, 2.05) is 11.8 Å². The molecule has 2 N–H and O–H groups in total. The molecule has 0 spiro atoms. The number of carbonyl (C=O) groups is 1. The fraction of sp³-hybridized carbons (Fsp3) is 0.933. The number of thioether (sulfide) groups is 1. The lowest BCUT2D eigenvalue weighted by Gasteiger charge is -2.29. The third kappa shape index (κ3) is 6.02. The average molecular weight is 302 g/mol. The van der Waals surface area contributed by atoms with E-state index < -0.39 is 0 Å². The molecule has 0 saturated carbocycles. The summed E-state index contributed by atoms with van der Waals surface area (Å²) in [5.74, 6) is 0.110. The van der Waals surface area contributed by atoms with Gasteiger partial charge in [0, 0.05) is 17.7 Å². The number of nitrogens with one attached hydrogen (secondary N) is 2. The van der Waals surface area contributed by atoms with Gasteiger partial charge in [0.2, 0.25) is 5.91 Å². The Labute approximate surface area is 127 Å². The first-order chi connectivity index (χ1) is 9.65. The molecule has 0 aromatic carbocycles. The lowest BCUT2D eigenvalue weighted by molar-refractivity contribution is -0.122. The fourth-order valence-electron chi connectivity index (χ4n) is 2.49. The maximum atomic E-state index is 11.9. The van der Waals surface area contributed by atoms with Crippen molar-refractivity contribution in [3.63, 3.8) is 0 Å². The Hall–Kier alpha value is -0.260. The summed E-state index contributed by atoms with van der Waals surface area (Å²) in [6.07, 6.45) is 7.21. The Balaban J connectivity index is 2.16. The standard InChI is InChI=1S/C15H30N2O2S/c1-4-15(5-2,20-3)12-17-14(18)8-11-19-13-6-9-16-10-7-13/h13,16H,4-12H2,1-3H3,(H,17,18). The highest BCUT2D eigenvalue weighted by molar-refractivity contribution is 8.00. The molecule has 4 nitrogen and oxygen atoms in total. The van der Waals surface area contributed by atoms with Gasteiger partial charge in [0.05, 0.1) is 12.7 Å². The van der Waals surface area contributed by atoms with Crippen LogP contribution in [0.2, 0.25) is 0 Å². The van der Waals surface area contributed by atoms with E-state index >= 15 is 0 Å². The summed E-state index contributed by atoms with van der Waals surface area (Å²) in [7, 11) is 0. The highest BCUT2D eigenvalue weighted by Crippen LogP contribution is 2.29. The summed E-state index contributed by atoms with van der Waals surface area (Å²) in [6.45, 7) is 7.73. The molecule has 1 amide bonds. The van der Waals surface area contributed by atoms with Gasteiger partial charge in [-0.2, -0.15) is 11.8 Å². The minimum Gasteiger partial charge on any atom is -0.378 e. The molecule has 1 saturated heterocycles. The van der Waals surface area contributed by atoms with Crippen LogP contribution in [0.5, 0.6) is 0 Å². The molecule has 0 atom stereocenters. The summed E-state index contributed by atoms with van der Waals surface area (Å²) in [5.41, 5.74) is 0. The van der Waals surface area contributed by atoms with E-state index in [2.05, 4.69) is 30.7 Å². The second-order valence-electron chi connectivity index (χ2n) is 5.44. The summed E-state index contributed by atoms with van der Waals surface area (Å²) in [5, 5.41) is 6.37. The number of hydrogen-bond donors (Lipinski definition) is 2. The van der Waals surface area contributed by atoms with Crippen LogP contribution in [0.15, 0.2) is 0 Å². The van der Waals surface area contributed by atoms with Crippen LogP contribution in [-0.4, -0.2) is 49.3 Å². The number of amides is 1. The van der Waals surface area contributed by atoms with Gasteiger partial charge in [-0.15, -0.1) is 0 Å². The molecule has 0 aromatic heterocycles. The van der Waals surface area contributed by atoms with Crippen molar-refractivity contribution in [3.8, 4) is 0 Å². The van der Waals surface area contributed by atoms with E-state index in [-0.39, 0.29) is 10.7 Å². The van der Waals surface area contributed by atoms with Crippen molar-refractivity contribution in [2.24, 2.45) is 0 Å². The number of piperidine rings is 1. The van der Waals surface area contributed by atoms with Gasteiger partial charge in [0.25, 0.3) is 0 Å². The topological polar surface area (TPSA) is 50.4 Å². The Morgan fingerprint density at radius 1 is 1.35 bits per heavy atom. The number of ether oxygens (including phenoxy) is 1. The Morgan fingerprint density at radius 3 is 2.55 bits per heavy atom. The van der Waals surface area contributed by atoms with Crippen LogP contribution in [-0.2, 0) is 9.53 Å². The molecule has 1 rings (SSSR count). The van der Waals surface area contributed by atoms with Crippen LogP contribution in [0.25, 0.3) is 0 Å². The third-order valence-electron chi connectivity index (χ3n) is 4.30. The molecular weight excluding hydrogens is 272 g/mol. The first kappa shape index (κ1) is 17.8. The second kappa shape index (κ2) is 9.64. The van der Waals surface area contributed by atoms with Gasteiger partial charge in [-0.05, 0) is 45.0 Å². The highest BCUT2D eigenvalue weighted by Gasteiger charge is 2.25. The lowest BCUT2D eigenvalue weighted by atomic mass is 10.0. The molecule has 0 radical (unpaired) electrons. The maximum Gasteiger partial charge on any atom is 0.222 e. The Bertz CT molecular complexity index is 269. The molecule has 0 unspecified atom stereocenters. The van der Waals surface area contributed by atoms with Crippen LogP contribution >= 0.6 is 11.8 Å². The molecular formula is C15H30N2O2S. The van der Waals surface area contributed by atoms with E-state index in [0.717, 1.165) is 45.3 Å². The van der Waals surface area contributed by atoms with Gasteiger partial charge in [-0.1, -0.05) is 13.8 Å². The summed E-state index contributed by atoms with van der Waals surface area (Å²) in [4.78, 5) is 11.9. The molecule has 1 aliphatic heterocycles. The largest absolute Gasteiger partial charge is 0.378 e. The summed E-state index contributed by atoms with van der Waals surface area (Å²) >= 11 is 1.85. The van der Waals surface area contributed by atoms with Gasteiger partial charge in [-0.25, -0.2) is 0 Å². The van der Waals surface area contributed by atoms with Crippen LogP contribution in [0.4, 0.5) is 0 Å². The molecule has 0 aliphatic carbocycles. The monoisotopic (exact) mass is 302 g/mol. The third-order valence-corrected chi connectivity index (χ3v) is 5.89. The quantitative estimate of drug-likeness (QED) is 0.685. The van der Waals surface area contributed by atoms with Gasteiger partial charge in [0.1, 0.15) is 0 Å². The minimum absolute atomic E-state index is 0.110. The maximum absolute atomic E-state index is 11.9. The minimum atomic E-state index is 0.110. The summed E-state index contributed by atoms with van der Waals surface area (Å²) < 4.78 is 5.94. The second-order valence-corrected chi connectivity index (χ2v) is 6.72. The van der Waals surface area contributed by atoms with Crippen molar-refractivity contribution in [2.75, 3.05) is 32.5 Å². The van der Waals surface area contributed by atoms with Crippen LogP contribution in [0, 0.1) is 0 Å². The average Bonchev–Trinajstić information content (AvgIpc) is 2.50. The Morgan fingerprint density at radius 2 is 2.00 bits per heavy atom. The fourth-order valence-corrected chi connectivity index (χ4v) is 3.28. The van der Waals surface area contributed by atoms with Crippen molar-refractivity contribution < 1.29 is 9.53 Å². The molecule has 0 aromatic rings. The van der Waals surface area contributed by atoms with Crippen LogP contribution in [0.1, 0.15) is 46.0 Å². The van der Waals surface area contributed by atoms with Crippen molar-refractivity contribution in [1.82, 2.24) is 10.6 Å². The zero-order chi connectivity index (χ0) is 14.8. The number of rotatable bonds is 9. The van der Waals surface area contributed by atoms with Crippen molar-refractivity contribution in [1.29, 1.82) is 0 Å². The SMILES string of the molecule is CCC(CC)(CNC(=O)CCOC1CCNCC1)SC. The number of hydrogen-bond acceptors (Lipinski definition) is 4. The Kier molecular flexibility index (Phi) is 8.57. The van der Waals surface area contributed by atoms with E-state index in [1.54, 1.807) is 0 Å². The van der Waals surface area contributed by atoms with Crippen LogP contribution < -0.4 is 10.6 Å². The number of carbonyl (C=O) groups excluding carboxylic acids is 1. The van der Waals surface area contributed by atoms with Gasteiger partial charge < -0.3 is 15.4 Å². The molecule has 0 bridgehead atoms. The molecule has 20 heavy (non-hydrogen) atoms. The van der Waals surface area contributed by atoms with Gasteiger partial charge in [-0.3, -0.25) is 4.79 Å². The predicted molar refractivity (Wildman–Crippen MR) is 86.3 cm³/mol. The van der Waals surface area contributed by atoms with Crippen LogP contribution in [0.3, 0.4) is 0 Å². The van der Waals surface area contributed by atoms with Crippen molar-refractivity contribution in [3.05, 3.63) is 0 Å². The molecule has 118 valence electrons. The zero-order valence-corrected chi connectivity index (χ0v) is 14.0. The first-order valence-electron chi connectivity index (χ1n) is 7.80. The van der Waals surface area contributed by atoms with E-state index in [4.69, 9.17) is 4.74 Å². The molecule has 1 heterocycles. The van der Waals surface area contributed by atoms with E-state index in [0.29, 0.717) is 19.1 Å². The smallest absolute Gasteiger partial charge is 0.222 e. The first-order valence-corrected chi connectivity index (χ1v) is 9.02. The normalized spacial score (nSPS) is 17.1. The predicted octanol–water partition coefficient (Wildman–Crippen LogP) is 2.18. The van der Waals surface area contributed by atoms with E-state index in [9.17, 15) is 4.79 Å². The highest BCUT2D eigenvalue weighted by atomic mass is 32.2. The van der Waals surface area contributed by atoms with Crippen molar-refractivity contribution >= 4 is 17.7 Å². The molecule has 1 fully saturated rings. The lowest BCUT2D eigenvalue weighted by Crippen LogP contribution is -2.40. The van der Waals surface area contributed by atoms with Gasteiger partial charge >= 0.3 is 0 Å². The molecule has 1 aliphatic rings. The van der Waals surface area contributed by atoms with Gasteiger partial charge in [0.15, 0.2) is 0 Å². The van der Waals surface area contributed by atoms with Crippen molar-refractivity contribution in [2.45, 2.75) is 56.8 Å². The molecule has 5 heteroatoms. The van der Waals surface area contributed by atoms with E-state index in [1.165, 1.54) is 0 Å².